The number of fused-ring (bicyclic) bond motifs is 1. The van der Waals surface area contributed by atoms with Crippen LogP contribution in [0.25, 0.3) is 22.0 Å². The van der Waals surface area contributed by atoms with Crippen molar-refractivity contribution in [2.24, 2.45) is 0 Å². The van der Waals surface area contributed by atoms with Crippen molar-refractivity contribution in [3.8, 4) is 16.3 Å². The summed E-state index contributed by atoms with van der Waals surface area (Å²) in [5.74, 6) is 0. The molecule has 3 aromatic rings. The Labute approximate surface area is 123 Å². The van der Waals surface area contributed by atoms with E-state index in [0.29, 0.717) is 0 Å². The van der Waals surface area contributed by atoms with Crippen LogP contribution in [-0.2, 0) is 0 Å². The molecule has 3 heteroatoms. The van der Waals surface area contributed by atoms with Crippen molar-refractivity contribution < 1.29 is 4.74 Å². The molecule has 0 aliphatic heterocycles. The lowest BCUT2D eigenvalue weighted by Gasteiger charge is -2.08. The molecule has 2 aromatic carbocycles. The van der Waals surface area contributed by atoms with Crippen molar-refractivity contribution in [1.82, 2.24) is 4.98 Å². The molecule has 20 heavy (non-hydrogen) atoms. The predicted octanol–water partition coefficient (Wildman–Crippen LogP) is 5.14. The Hall–Kier alpha value is -1.87. The maximum absolute atomic E-state index is 5.88. The molecule has 102 valence electrons. The molecule has 1 aromatic heterocycles. The van der Waals surface area contributed by atoms with E-state index in [1.807, 2.05) is 5.51 Å². The third-order valence-electron chi connectivity index (χ3n) is 3.31. The lowest BCUT2D eigenvalue weighted by Crippen LogP contribution is -1.96. The zero-order valence-corrected chi connectivity index (χ0v) is 12.3. The van der Waals surface area contributed by atoms with E-state index in [4.69, 9.17) is 4.74 Å². The molecule has 0 atom stereocenters. The second-order valence-electron chi connectivity index (χ2n) is 4.72. The highest BCUT2D eigenvalue weighted by Gasteiger charge is 2.12. The predicted molar refractivity (Wildman–Crippen MR) is 85.5 cm³/mol. The molecule has 0 N–H and O–H groups in total. The van der Waals surface area contributed by atoms with Crippen LogP contribution in [0.2, 0.25) is 0 Å². The summed E-state index contributed by atoms with van der Waals surface area (Å²) in [6.45, 7) is 2.93. The maximum Gasteiger partial charge on any atom is 0.202 e. The lowest BCUT2D eigenvalue weighted by atomic mass is 10.0. The van der Waals surface area contributed by atoms with Gasteiger partial charge in [-0.25, -0.2) is 4.98 Å². The van der Waals surface area contributed by atoms with Gasteiger partial charge in [-0.15, -0.1) is 0 Å². The molecule has 0 saturated carbocycles. The van der Waals surface area contributed by atoms with Gasteiger partial charge in [0.25, 0.3) is 0 Å². The second kappa shape index (κ2) is 6.06. The van der Waals surface area contributed by atoms with Gasteiger partial charge in [0.2, 0.25) is 5.06 Å². The molecule has 0 amide bonds. The summed E-state index contributed by atoms with van der Waals surface area (Å²) in [7, 11) is 0. The van der Waals surface area contributed by atoms with E-state index < -0.39 is 0 Å². The van der Waals surface area contributed by atoms with Crippen molar-refractivity contribution >= 4 is 22.1 Å². The Bertz CT molecular complexity index is 700. The smallest absolute Gasteiger partial charge is 0.202 e. The number of unbranched alkanes of at least 4 members (excludes halogenated alkanes) is 1. The van der Waals surface area contributed by atoms with Gasteiger partial charge < -0.3 is 4.74 Å². The number of nitrogens with zero attached hydrogens (tertiary/aromatic N) is 1. The van der Waals surface area contributed by atoms with Crippen LogP contribution in [0, 0.1) is 0 Å². The Morgan fingerprint density at radius 2 is 1.95 bits per heavy atom. The van der Waals surface area contributed by atoms with Gasteiger partial charge >= 0.3 is 0 Å². The topological polar surface area (TPSA) is 22.1 Å². The van der Waals surface area contributed by atoms with Crippen molar-refractivity contribution in [3.05, 3.63) is 48.0 Å². The third-order valence-corrected chi connectivity index (χ3v) is 4.05. The van der Waals surface area contributed by atoms with Crippen LogP contribution < -0.4 is 4.74 Å². The van der Waals surface area contributed by atoms with Crippen molar-refractivity contribution in [3.63, 3.8) is 0 Å². The number of benzene rings is 2. The Kier molecular flexibility index (Phi) is 3.97. The Morgan fingerprint density at radius 1 is 1.10 bits per heavy atom. The fraction of sp³-hybridized carbons (Fsp3) is 0.235. The van der Waals surface area contributed by atoms with Gasteiger partial charge in [-0.3, -0.25) is 0 Å². The molecule has 0 unspecified atom stereocenters. The second-order valence-corrected chi connectivity index (χ2v) is 5.53. The number of hydrogen-bond acceptors (Lipinski definition) is 3. The van der Waals surface area contributed by atoms with Crippen LogP contribution in [0.15, 0.2) is 48.0 Å². The van der Waals surface area contributed by atoms with Gasteiger partial charge in [0.15, 0.2) is 0 Å². The summed E-state index contributed by atoms with van der Waals surface area (Å²) in [4.78, 5) is 4.51. The van der Waals surface area contributed by atoms with Crippen LogP contribution in [0.1, 0.15) is 19.8 Å². The molecule has 1 heterocycles. The molecule has 3 rings (SSSR count). The van der Waals surface area contributed by atoms with Crippen molar-refractivity contribution in [2.45, 2.75) is 19.8 Å². The van der Waals surface area contributed by atoms with Crippen LogP contribution in [0.5, 0.6) is 5.06 Å². The maximum atomic E-state index is 5.88. The molecule has 2 nitrogen and oxygen atoms in total. The highest BCUT2D eigenvalue weighted by molar-refractivity contribution is 7.12. The first-order valence-electron chi connectivity index (χ1n) is 6.94. The minimum Gasteiger partial charge on any atom is -0.482 e. The monoisotopic (exact) mass is 283 g/mol. The zero-order valence-electron chi connectivity index (χ0n) is 11.5. The highest BCUT2D eigenvalue weighted by Crippen LogP contribution is 2.36. The number of rotatable bonds is 5. The first-order chi connectivity index (χ1) is 9.90. The molecule has 0 fully saturated rings. The standard InChI is InChI=1S/C17H17NOS/c1-2-3-11-19-17-16(18-12-20-17)15-10-6-8-13-7-4-5-9-14(13)15/h4-10,12H,2-3,11H2,1H3. The summed E-state index contributed by atoms with van der Waals surface area (Å²) < 4.78 is 5.88. The van der Waals surface area contributed by atoms with Crippen LogP contribution in [0.3, 0.4) is 0 Å². The van der Waals surface area contributed by atoms with Crippen LogP contribution in [-0.4, -0.2) is 11.6 Å². The van der Waals surface area contributed by atoms with Crippen molar-refractivity contribution in [2.75, 3.05) is 6.61 Å². The SMILES string of the molecule is CCCCOc1scnc1-c1cccc2ccccc12. The van der Waals surface area contributed by atoms with E-state index in [9.17, 15) is 0 Å². The van der Waals surface area contributed by atoms with Gasteiger partial charge in [0.1, 0.15) is 5.69 Å². The fourth-order valence-corrected chi connectivity index (χ4v) is 2.94. The average molecular weight is 283 g/mol. The molecule has 0 bridgehead atoms. The number of thiazole rings is 1. The Morgan fingerprint density at radius 3 is 2.85 bits per heavy atom. The molecule has 0 spiro atoms. The van der Waals surface area contributed by atoms with E-state index in [-0.39, 0.29) is 0 Å². The van der Waals surface area contributed by atoms with E-state index in [1.54, 1.807) is 11.3 Å². The van der Waals surface area contributed by atoms with Crippen LogP contribution >= 0.6 is 11.3 Å². The van der Waals surface area contributed by atoms with Gasteiger partial charge in [-0.2, -0.15) is 0 Å². The fourth-order valence-electron chi connectivity index (χ4n) is 2.26. The summed E-state index contributed by atoms with van der Waals surface area (Å²) in [6.07, 6.45) is 2.22. The lowest BCUT2D eigenvalue weighted by molar-refractivity contribution is 0.319. The summed E-state index contributed by atoms with van der Waals surface area (Å²) in [6, 6.07) is 14.7. The Balaban J connectivity index is 2.01. The van der Waals surface area contributed by atoms with Crippen LogP contribution in [0.4, 0.5) is 0 Å². The molecule has 0 aliphatic rings. The third kappa shape index (κ3) is 2.54. The van der Waals surface area contributed by atoms with Gasteiger partial charge in [-0.05, 0) is 17.2 Å². The van der Waals surface area contributed by atoms with E-state index in [0.717, 1.165) is 35.8 Å². The molecule has 0 radical (unpaired) electrons. The minimum absolute atomic E-state index is 0.760. The summed E-state index contributed by atoms with van der Waals surface area (Å²) in [5, 5.41) is 3.38. The number of hydrogen-bond donors (Lipinski definition) is 0. The van der Waals surface area contributed by atoms with Gasteiger partial charge in [0.05, 0.1) is 12.1 Å². The zero-order chi connectivity index (χ0) is 13.8. The molecule has 0 aliphatic carbocycles. The number of aromatic nitrogens is 1. The summed E-state index contributed by atoms with van der Waals surface area (Å²) in [5.41, 5.74) is 3.97. The van der Waals surface area contributed by atoms with Gasteiger partial charge in [0, 0.05) is 5.56 Å². The van der Waals surface area contributed by atoms with E-state index in [1.165, 1.54) is 10.8 Å². The van der Waals surface area contributed by atoms with E-state index >= 15 is 0 Å². The number of ether oxygens (including phenoxy) is 1. The molecular formula is C17H17NOS. The largest absolute Gasteiger partial charge is 0.482 e. The first kappa shape index (κ1) is 13.1. The quantitative estimate of drug-likeness (QED) is 0.605. The van der Waals surface area contributed by atoms with Crippen molar-refractivity contribution in [1.29, 1.82) is 0 Å². The summed E-state index contributed by atoms with van der Waals surface area (Å²) >= 11 is 1.57. The van der Waals surface area contributed by atoms with Gasteiger partial charge in [-0.1, -0.05) is 67.1 Å². The first-order valence-corrected chi connectivity index (χ1v) is 7.82. The molecule has 0 saturated heterocycles. The minimum atomic E-state index is 0.760. The van der Waals surface area contributed by atoms with E-state index in [2.05, 4.69) is 54.4 Å². The molecular weight excluding hydrogens is 266 g/mol. The highest BCUT2D eigenvalue weighted by atomic mass is 32.1. The average Bonchev–Trinajstić information content (AvgIpc) is 2.95. The normalized spacial score (nSPS) is 10.8.